The minimum Gasteiger partial charge on any atom is -0.340 e. The summed E-state index contributed by atoms with van der Waals surface area (Å²) in [4.78, 5) is 14.1. The second-order valence-electron chi connectivity index (χ2n) is 6.84. The van der Waals surface area contributed by atoms with Crippen molar-refractivity contribution in [3.05, 3.63) is 29.8 Å². The quantitative estimate of drug-likeness (QED) is 0.789. The van der Waals surface area contributed by atoms with E-state index in [2.05, 4.69) is 13.8 Å². The molecule has 2 rings (SSSR count). The van der Waals surface area contributed by atoms with Gasteiger partial charge in [-0.2, -0.15) is 4.31 Å². The third-order valence-corrected chi connectivity index (χ3v) is 6.70. The zero-order valence-corrected chi connectivity index (χ0v) is 17.4. The Morgan fingerprint density at radius 3 is 2.12 bits per heavy atom. The number of carbonyl (C=O) groups excluding carboxylic acids is 1. The van der Waals surface area contributed by atoms with Crippen molar-refractivity contribution in [1.82, 2.24) is 9.21 Å². The predicted octanol–water partition coefficient (Wildman–Crippen LogP) is 2.19. The van der Waals surface area contributed by atoms with Gasteiger partial charge in [0.1, 0.15) is 0 Å². The van der Waals surface area contributed by atoms with E-state index < -0.39 is 10.0 Å². The Morgan fingerprint density at radius 1 is 1.12 bits per heavy atom. The largest absolute Gasteiger partial charge is 0.340 e. The fourth-order valence-electron chi connectivity index (χ4n) is 2.94. The highest BCUT2D eigenvalue weighted by molar-refractivity contribution is 7.89. The number of nitrogens with zero attached hydrogens (tertiary/aromatic N) is 2. The van der Waals surface area contributed by atoms with Crippen molar-refractivity contribution in [3.8, 4) is 0 Å². The van der Waals surface area contributed by atoms with E-state index in [1.54, 1.807) is 24.0 Å². The Morgan fingerprint density at radius 2 is 1.65 bits per heavy atom. The highest BCUT2D eigenvalue weighted by Crippen LogP contribution is 2.23. The molecule has 1 saturated heterocycles. The van der Waals surface area contributed by atoms with Gasteiger partial charge in [0, 0.05) is 38.6 Å². The molecule has 1 amide bonds. The highest BCUT2D eigenvalue weighted by atomic mass is 35.5. The predicted molar refractivity (Wildman–Crippen MR) is 106 cm³/mol. The van der Waals surface area contributed by atoms with Crippen LogP contribution in [0.4, 0.5) is 0 Å². The number of carbonyl (C=O) groups is 1. The lowest BCUT2D eigenvalue weighted by molar-refractivity contribution is -0.132. The van der Waals surface area contributed by atoms with Gasteiger partial charge in [-0.25, -0.2) is 8.42 Å². The van der Waals surface area contributed by atoms with Gasteiger partial charge in [0.2, 0.25) is 15.9 Å². The van der Waals surface area contributed by atoms with Crippen LogP contribution < -0.4 is 5.73 Å². The number of nitrogens with two attached hydrogens (primary N) is 1. The van der Waals surface area contributed by atoms with Gasteiger partial charge in [-0.05, 0) is 37.0 Å². The number of halogens is 1. The number of amides is 1. The standard InChI is InChI=1S/C18H29N3O3S.ClH/c1-4-14(2)16-5-7-17(8-6-16)25(23,24)21-11-9-20(10-12-21)18(22)13-15(3)19;/h5-8,14-15H,4,9-13,19H2,1-3H3;1H. The smallest absolute Gasteiger partial charge is 0.243 e. The molecule has 1 aliphatic heterocycles. The topological polar surface area (TPSA) is 83.7 Å². The van der Waals surface area contributed by atoms with Crippen molar-refractivity contribution >= 4 is 28.3 Å². The molecule has 2 N–H and O–H groups in total. The van der Waals surface area contributed by atoms with Crippen LogP contribution in [0.1, 0.15) is 45.1 Å². The van der Waals surface area contributed by atoms with Gasteiger partial charge in [-0.3, -0.25) is 4.79 Å². The Balaban J connectivity index is 0.00000338. The number of hydrogen-bond acceptors (Lipinski definition) is 4. The zero-order chi connectivity index (χ0) is 18.6. The van der Waals surface area contributed by atoms with Gasteiger partial charge in [0.15, 0.2) is 0 Å². The molecule has 0 aromatic heterocycles. The van der Waals surface area contributed by atoms with E-state index in [0.717, 1.165) is 12.0 Å². The normalized spacial score (nSPS) is 18.1. The first kappa shape index (κ1) is 22.9. The summed E-state index contributed by atoms with van der Waals surface area (Å²) in [5.41, 5.74) is 6.81. The molecular weight excluding hydrogens is 374 g/mol. The van der Waals surface area contributed by atoms with Crippen LogP contribution >= 0.6 is 12.4 Å². The first-order valence-electron chi connectivity index (χ1n) is 8.89. The van der Waals surface area contributed by atoms with Gasteiger partial charge >= 0.3 is 0 Å². The van der Waals surface area contributed by atoms with Crippen molar-refractivity contribution < 1.29 is 13.2 Å². The molecule has 1 heterocycles. The van der Waals surface area contributed by atoms with Gasteiger partial charge < -0.3 is 10.6 Å². The zero-order valence-electron chi connectivity index (χ0n) is 15.7. The molecule has 1 aliphatic rings. The summed E-state index contributed by atoms with van der Waals surface area (Å²) >= 11 is 0. The summed E-state index contributed by atoms with van der Waals surface area (Å²) in [5.74, 6) is 0.404. The third kappa shape index (κ3) is 5.42. The summed E-state index contributed by atoms with van der Waals surface area (Å²) in [6.45, 7) is 7.50. The molecular formula is C18H30ClN3O3S. The van der Waals surface area contributed by atoms with Crippen LogP contribution in [0.25, 0.3) is 0 Å². The minimum absolute atomic E-state index is 0. The molecule has 6 nitrogen and oxygen atoms in total. The summed E-state index contributed by atoms with van der Waals surface area (Å²) in [6, 6.07) is 6.97. The van der Waals surface area contributed by atoms with Gasteiger partial charge in [-0.15, -0.1) is 12.4 Å². The maximum atomic E-state index is 12.8. The van der Waals surface area contributed by atoms with Crippen LogP contribution in [0, 0.1) is 0 Å². The maximum Gasteiger partial charge on any atom is 0.243 e. The lowest BCUT2D eigenvalue weighted by Gasteiger charge is -2.34. The average molecular weight is 404 g/mol. The Hall–Kier alpha value is -1.15. The van der Waals surface area contributed by atoms with E-state index in [1.165, 1.54) is 4.31 Å². The van der Waals surface area contributed by atoms with Crippen molar-refractivity contribution in [2.24, 2.45) is 5.73 Å². The van der Waals surface area contributed by atoms with Crippen LogP contribution in [-0.2, 0) is 14.8 Å². The van der Waals surface area contributed by atoms with E-state index in [1.807, 2.05) is 12.1 Å². The number of piperazine rings is 1. The maximum absolute atomic E-state index is 12.8. The van der Waals surface area contributed by atoms with E-state index >= 15 is 0 Å². The van der Waals surface area contributed by atoms with Crippen LogP contribution in [0.3, 0.4) is 0 Å². The molecule has 1 fully saturated rings. The second-order valence-corrected chi connectivity index (χ2v) is 8.78. The summed E-state index contributed by atoms with van der Waals surface area (Å²) in [6.07, 6.45) is 1.31. The summed E-state index contributed by atoms with van der Waals surface area (Å²) in [5, 5.41) is 0. The van der Waals surface area contributed by atoms with Crippen molar-refractivity contribution in [3.63, 3.8) is 0 Å². The fourth-order valence-corrected chi connectivity index (χ4v) is 4.36. The Kier molecular flexibility index (Phi) is 8.53. The molecule has 1 aromatic rings. The Bertz CT molecular complexity index is 684. The first-order chi connectivity index (χ1) is 11.8. The van der Waals surface area contributed by atoms with Gasteiger partial charge in [-0.1, -0.05) is 26.0 Å². The van der Waals surface area contributed by atoms with Crippen molar-refractivity contribution in [2.75, 3.05) is 26.2 Å². The monoisotopic (exact) mass is 403 g/mol. The molecule has 2 atom stereocenters. The van der Waals surface area contributed by atoms with Crippen LogP contribution in [0.15, 0.2) is 29.2 Å². The number of rotatable bonds is 6. The molecule has 0 radical (unpaired) electrons. The summed E-state index contributed by atoms with van der Waals surface area (Å²) < 4.78 is 27.0. The second kappa shape index (κ2) is 9.69. The van der Waals surface area contributed by atoms with Crippen LogP contribution in [0.2, 0.25) is 0 Å². The summed E-state index contributed by atoms with van der Waals surface area (Å²) in [7, 11) is -3.51. The fraction of sp³-hybridized carbons (Fsp3) is 0.611. The van der Waals surface area contributed by atoms with Crippen LogP contribution in [-0.4, -0.2) is 55.8 Å². The molecule has 1 aromatic carbocycles. The molecule has 0 saturated carbocycles. The SMILES string of the molecule is CCC(C)c1ccc(S(=O)(=O)N2CCN(C(=O)CC(C)N)CC2)cc1.Cl. The molecule has 0 bridgehead atoms. The molecule has 8 heteroatoms. The molecule has 0 spiro atoms. The van der Waals surface area contributed by atoms with Gasteiger partial charge in [0.05, 0.1) is 4.90 Å². The van der Waals surface area contributed by atoms with E-state index in [-0.39, 0.29) is 24.4 Å². The molecule has 148 valence electrons. The van der Waals surface area contributed by atoms with E-state index in [9.17, 15) is 13.2 Å². The first-order valence-corrected chi connectivity index (χ1v) is 10.3. The molecule has 26 heavy (non-hydrogen) atoms. The minimum atomic E-state index is -3.51. The third-order valence-electron chi connectivity index (χ3n) is 4.79. The lowest BCUT2D eigenvalue weighted by atomic mass is 9.99. The number of benzene rings is 1. The Labute approximate surface area is 163 Å². The molecule has 0 aliphatic carbocycles. The van der Waals surface area contributed by atoms with Gasteiger partial charge in [0.25, 0.3) is 0 Å². The van der Waals surface area contributed by atoms with E-state index in [0.29, 0.717) is 43.4 Å². The number of sulfonamides is 1. The van der Waals surface area contributed by atoms with Crippen molar-refractivity contribution in [2.45, 2.75) is 50.5 Å². The molecule has 2 unspecified atom stereocenters. The van der Waals surface area contributed by atoms with Crippen LogP contribution in [0.5, 0.6) is 0 Å². The number of hydrogen-bond donors (Lipinski definition) is 1. The van der Waals surface area contributed by atoms with E-state index in [4.69, 9.17) is 5.73 Å². The average Bonchev–Trinajstić information content (AvgIpc) is 2.60. The highest BCUT2D eigenvalue weighted by Gasteiger charge is 2.30. The van der Waals surface area contributed by atoms with Crippen molar-refractivity contribution in [1.29, 1.82) is 0 Å². The lowest BCUT2D eigenvalue weighted by Crippen LogP contribution is -2.51.